The van der Waals surface area contributed by atoms with Crippen molar-refractivity contribution in [3.63, 3.8) is 0 Å². The molecule has 29 heavy (non-hydrogen) atoms. The van der Waals surface area contributed by atoms with Gasteiger partial charge < -0.3 is 10.6 Å². The lowest BCUT2D eigenvalue weighted by Crippen LogP contribution is -2.41. The van der Waals surface area contributed by atoms with Crippen molar-refractivity contribution >= 4 is 28.5 Å². The molecule has 2 aromatic rings. The third-order valence-electron chi connectivity index (χ3n) is 6.89. The van der Waals surface area contributed by atoms with Crippen molar-refractivity contribution in [3.05, 3.63) is 47.5 Å². The topological polar surface area (TPSA) is 83.7 Å². The first-order valence-corrected chi connectivity index (χ1v) is 10.5. The highest BCUT2D eigenvalue weighted by atomic mass is 16.2. The normalized spacial score (nSPS) is 25.8. The van der Waals surface area contributed by atoms with Gasteiger partial charge in [-0.05, 0) is 48.6 Å². The van der Waals surface area contributed by atoms with Crippen LogP contribution in [-0.4, -0.2) is 53.2 Å². The summed E-state index contributed by atoms with van der Waals surface area (Å²) in [7, 11) is 0. The van der Waals surface area contributed by atoms with Crippen molar-refractivity contribution in [2.45, 2.75) is 31.7 Å². The molecule has 2 aromatic carbocycles. The van der Waals surface area contributed by atoms with E-state index in [0.717, 1.165) is 36.7 Å². The molecule has 150 valence electrons. The maximum atomic E-state index is 12.9. The zero-order valence-electron chi connectivity index (χ0n) is 16.3. The third kappa shape index (κ3) is 2.94. The molecule has 3 amide bonds. The lowest BCUT2D eigenvalue weighted by molar-refractivity contribution is -0.130. The van der Waals surface area contributed by atoms with Gasteiger partial charge in [0.15, 0.2) is 0 Å². The largest absolute Gasteiger partial charge is 0.342 e. The Balaban J connectivity index is 1.24. The Hall–Kier alpha value is -2.73. The van der Waals surface area contributed by atoms with Gasteiger partial charge in [-0.3, -0.25) is 19.3 Å². The summed E-state index contributed by atoms with van der Waals surface area (Å²) < 4.78 is 0. The fraction of sp³-hybridized carbons (Fsp3) is 0.435. The number of nitrogens with two attached hydrogens (primary N) is 1. The lowest BCUT2D eigenvalue weighted by Gasteiger charge is -2.27. The number of likely N-dealkylation sites (tertiary alicyclic amines) is 1. The number of carbonyl (C=O) groups is 3. The van der Waals surface area contributed by atoms with E-state index in [4.69, 9.17) is 5.73 Å². The van der Waals surface area contributed by atoms with Crippen LogP contribution in [0.15, 0.2) is 36.4 Å². The minimum atomic E-state index is -0.270. The van der Waals surface area contributed by atoms with Crippen LogP contribution in [0.3, 0.4) is 0 Å². The van der Waals surface area contributed by atoms with Crippen LogP contribution in [0.4, 0.5) is 0 Å². The van der Waals surface area contributed by atoms with E-state index in [-0.39, 0.29) is 30.3 Å². The van der Waals surface area contributed by atoms with Gasteiger partial charge in [0, 0.05) is 48.6 Å². The Morgan fingerprint density at radius 3 is 2.34 bits per heavy atom. The SMILES string of the molecule is NC1CCC2CN(C(=O)CCCN3C(=O)c4cccc5cccc(c45)C3=O)CC12. The van der Waals surface area contributed by atoms with Gasteiger partial charge in [-0.2, -0.15) is 0 Å². The second-order valence-electron chi connectivity index (χ2n) is 8.54. The van der Waals surface area contributed by atoms with Crippen LogP contribution in [0.2, 0.25) is 0 Å². The van der Waals surface area contributed by atoms with E-state index in [0.29, 0.717) is 35.8 Å². The molecule has 1 saturated carbocycles. The van der Waals surface area contributed by atoms with Crippen molar-refractivity contribution in [3.8, 4) is 0 Å². The number of fused-ring (bicyclic) bond motifs is 1. The van der Waals surface area contributed by atoms with E-state index < -0.39 is 0 Å². The number of carbonyl (C=O) groups excluding carboxylic acids is 3. The van der Waals surface area contributed by atoms with E-state index in [9.17, 15) is 14.4 Å². The second kappa shape index (κ2) is 6.95. The summed E-state index contributed by atoms with van der Waals surface area (Å²) in [4.78, 5) is 41.7. The molecule has 3 unspecified atom stereocenters. The van der Waals surface area contributed by atoms with Crippen LogP contribution in [-0.2, 0) is 4.79 Å². The number of hydrogen-bond acceptors (Lipinski definition) is 4. The number of imide groups is 1. The molecule has 0 radical (unpaired) electrons. The predicted molar refractivity (Wildman–Crippen MR) is 109 cm³/mol. The Morgan fingerprint density at radius 1 is 1.00 bits per heavy atom. The van der Waals surface area contributed by atoms with Crippen LogP contribution >= 0.6 is 0 Å². The maximum absolute atomic E-state index is 12.9. The number of rotatable bonds is 4. The summed E-state index contributed by atoms with van der Waals surface area (Å²) in [6.45, 7) is 1.81. The molecule has 5 rings (SSSR count). The van der Waals surface area contributed by atoms with Gasteiger partial charge in [-0.15, -0.1) is 0 Å². The molecular weight excluding hydrogens is 366 g/mol. The molecule has 0 spiro atoms. The lowest BCUT2D eigenvalue weighted by atomic mass is 9.94. The highest BCUT2D eigenvalue weighted by molar-refractivity contribution is 6.25. The first kappa shape index (κ1) is 18.3. The van der Waals surface area contributed by atoms with Crippen LogP contribution in [0.25, 0.3) is 10.8 Å². The third-order valence-corrected chi connectivity index (χ3v) is 6.89. The molecule has 3 aliphatic rings. The van der Waals surface area contributed by atoms with E-state index in [1.807, 2.05) is 29.2 Å². The highest BCUT2D eigenvalue weighted by Crippen LogP contribution is 2.37. The quantitative estimate of drug-likeness (QED) is 0.812. The summed E-state index contributed by atoms with van der Waals surface area (Å²) in [6, 6.07) is 11.3. The second-order valence-corrected chi connectivity index (χ2v) is 8.54. The standard InChI is InChI=1S/C23H25N3O3/c24-19-10-9-15-12-25(13-18(15)19)20(27)8-3-11-26-22(28)16-6-1-4-14-5-2-7-17(21(14)16)23(26)29/h1-2,4-7,15,18-19H,3,8-13,24H2. The molecule has 2 heterocycles. The molecule has 0 bridgehead atoms. The number of amides is 3. The van der Waals surface area contributed by atoms with E-state index in [1.165, 1.54) is 4.90 Å². The monoisotopic (exact) mass is 391 g/mol. The molecule has 2 aliphatic heterocycles. The first-order valence-electron chi connectivity index (χ1n) is 10.5. The molecule has 1 aliphatic carbocycles. The smallest absolute Gasteiger partial charge is 0.261 e. The van der Waals surface area contributed by atoms with E-state index >= 15 is 0 Å². The van der Waals surface area contributed by atoms with Crippen LogP contribution in [0, 0.1) is 11.8 Å². The summed E-state index contributed by atoms with van der Waals surface area (Å²) in [5.41, 5.74) is 7.28. The molecular formula is C23H25N3O3. The average Bonchev–Trinajstić information content (AvgIpc) is 3.30. The van der Waals surface area contributed by atoms with Gasteiger partial charge in [-0.25, -0.2) is 0 Å². The van der Waals surface area contributed by atoms with Gasteiger partial charge in [-0.1, -0.05) is 24.3 Å². The Morgan fingerprint density at radius 2 is 1.69 bits per heavy atom. The zero-order valence-corrected chi connectivity index (χ0v) is 16.3. The van der Waals surface area contributed by atoms with E-state index in [2.05, 4.69) is 0 Å². The van der Waals surface area contributed by atoms with Crippen molar-refractivity contribution in [1.82, 2.24) is 9.80 Å². The molecule has 2 fully saturated rings. The summed E-state index contributed by atoms with van der Waals surface area (Å²) in [6.07, 6.45) is 2.99. The zero-order chi connectivity index (χ0) is 20.1. The van der Waals surface area contributed by atoms with Crippen LogP contribution in [0.1, 0.15) is 46.4 Å². The minimum Gasteiger partial charge on any atom is -0.342 e. The van der Waals surface area contributed by atoms with Crippen molar-refractivity contribution < 1.29 is 14.4 Å². The van der Waals surface area contributed by atoms with Gasteiger partial charge in [0.05, 0.1) is 0 Å². The average molecular weight is 391 g/mol. The van der Waals surface area contributed by atoms with Crippen LogP contribution < -0.4 is 5.73 Å². The van der Waals surface area contributed by atoms with E-state index in [1.54, 1.807) is 12.1 Å². The van der Waals surface area contributed by atoms with Crippen LogP contribution in [0.5, 0.6) is 0 Å². The summed E-state index contributed by atoms with van der Waals surface area (Å²) in [5, 5.41) is 1.63. The number of nitrogens with zero attached hydrogens (tertiary/aromatic N) is 2. The highest BCUT2D eigenvalue weighted by Gasteiger charge is 2.42. The fourth-order valence-corrected chi connectivity index (χ4v) is 5.34. The molecule has 6 heteroatoms. The summed E-state index contributed by atoms with van der Waals surface area (Å²) >= 11 is 0. The molecule has 2 N–H and O–H groups in total. The van der Waals surface area contributed by atoms with Crippen molar-refractivity contribution in [2.75, 3.05) is 19.6 Å². The van der Waals surface area contributed by atoms with Gasteiger partial charge in [0.25, 0.3) is 11.8 Å². The Bertz CT molecular complexity index is 967. The maximum Gasteiger partial charge on any atom is 0.261 e. The summed E-state index contributed by atoms with van der Waals surface area (Å²) in [5.74, 6) is 0.533. The fourth-order valence-electron chi connectivity index (χ4n) is 5.34. The minimum absolute atomic E-state index is 0.103. The molecule has 3 atom stereocenters. The molecule has 0 aromatic heterocycles. The van der Waals surface area contributed by atoms with Crippen molar-refractivity contribution in [1.29, 1.82) is 0 Å². The van der Waals surface area contributed by atoms with Gasteiger partial charge >= 0.3 is 0 Å². The molecule has 6 nitrogen and oxygen atoms in total. The van der Waals surface area contributed by atoms with Gasteiger partial charge in [0.2, 0.25) is 5.91 Å². The first-order chi connectivity index (χ1) is 14.0. The molecule has 1 saturated heterocycles. The van der Waals surface area contributed by atoms with Gasteiger partial charge in [0.1, 0.15) is 0 Å². The number of benzene rings is 2. The predicted octanol–water partition coefficient (Wildman–Crippen LogP) is 2.41. The Labute approximate surface area is 169 Å². The number of hydrogen-bond donors (Lipinski definition) is 1. The Kier molecular flexibility index (Phi) is 4.39. The van der Waals surface area contributed by atoms with Crippen molar-refractivity contribution in [2.24, 2.45) is 17.6 Å².